The first-order valence-electron chi connectivity index (χ1n) is 7.99. The van der Waals surface area contributed by atoms with Crippen molar-refractivity contribution in [1.82, 2.24) is 4.57 Å². The number of hydrogen-bond acceptors (Lipinski definition) is 2. The van der Waals surface area contributed by atoms with Crippen LogP contribution in [0.4, 0.5) is 0 Å². The zero-order chi connectivity index (χ0) is 17.6. The van der Waals surface area contributed by atoms with E-state index in [4.69, 9.17) is 4.74 Å². The van der Waals surface area contributed by atoms with Gasteiger partial charge in [-0.15, -0.1) is 0 Å². The molecular formula is C21H16BrNO2. The third kappa shape index (κ3) is 2.36. The molecule has 0 bridgehead atoms. The molecule has 0 spiro atoms. The molecule has 0 N–H and O–H groups in total. The van der Waals surface area contributed by atoms with Crippen LogP contribution in [-0.2, 0) is 4.74 Å². The third-order valence-corrected chi connectivity index (χ3v) is 5.29. The summed E-state index contributed by atoms with van der Waals surface area (Å²) >= 11 is 3.62. The van der Waals surface area contributed by atoms with Gasteiger partial charge in [-0.2, -0.15) is 0 Å². The molecule has 0 amide bonds. The number of rotatable bonds is 2. The first kappa shape index (κ1) is 15.9. The van der Waals surface area contributed by atoms with Gasteiger partial charge in [-0.1, -0.05) is 58.4 Å². The molecule has 0 atom stereocenters. The van der Waals surface area contributed by atoms with E-state index in [0.29, 0.717) is 5.69 Å². The number of halogens is 1. The molecule has 0 aliphatic rings. The number of para-hydroxylation sites is 1. The van der Waals surface area contributed by atoms with Gasteiger partial charge in [-0.05, 0) is 36.1 Å². The fourth-order valence-corrected chi connectivity index (χ4v) is 3.91. The summed E-state index contributed by atoms with van der Waals surface area (Å²) in [7, 11) is 1.42. The Balaban J connectivity index is 2.19. The number of hydrogen-bond donors (Lipinski definition) is 0. The minimum atomic E-state index is -0.333. The number of aromatic nitrogens is 1. The SMILES string of the molecule is COC(=O)c1c(C)c2ccccc2n1-c1ccc(Br)c2ccccc12. The number of aryl methyl sites for hydroxylation is 1. The number of esters is 1. The maximum Gasteiger partial charge on any atom is 0.355 e. The van der Waals surface area contributed by atoms with Crippen molar-refractivity contribution in [3.05, 3.63) is 76.4 Å². The minimum Gasteiger partial charge on any atom is -0.464 e. The van der Waals surface area contributed by atoms with Gasteiger partial charge in [-0.25, -0.2) is 4.79 Å². The number of fused-ring (bicyclic) bond motifs is 2. The Morgan fingerprint density at radius 2 is 1.56 bits per heavy atom. The molecule has 0 saturated carbocycles. The zero-order valence-corrected chi connectivity index (χ0v) is 15.5. The number of carbonyl (C=O) groups is 1. The molecule has 0 aliphatic heterocycles. The lowest BCUT2D eigenvalue weighted by Crippen LogP contribution is -2.11. The highest BCUT2D eigenvalue weighted by atomic mass is 79.9. The van der Waals surface area contributed by atoms with E-state index in [9.17, 15) is 4.79 Å². The van der Waals surface area contributed by atoms with Crippen LogP contribution in [0, 0.1) is 6.92 Å². The lowest BCUT2D eigenvalue weighted by atomic mass is 10.1. The van der Waals surface area contributed by atoms with Crippen molar-refractivity contribution in [3.63, 3.8) is 0 Å². The highest BCUT2D eigenvalue weighted by molar-refractivity contribution is 9.10. The lowest BCUT2D eigenvalue weighted by Gasteiger charge is -2.14. The van der Waals surface area contributed by atoms with Crippen molar-refractivity contribution in [1.29, 1.82) is 0 Å². The Hall–Kier alpha value is -2.59. The molecule has 0 fully saturated rings. The fraction of sp³-hybridized carbons (Fsp3) is 0.0952. The van der Waals surface area contributed by atoms with Crippen molar-refractivity contribution in [3.8, 4) is 5.69 Å². The quantitative estimate of drug-likeness (QED) is 0.412. The normalized spacial score (nSPS) is 11.2. The average Bonchev–Trinajstić information content (AvgIpc) is 2.95. The molecule has 1 aromatic heterocycles. The number of benzene rings is 3. The van der Waals surface area contributed by atoms with Gasteiger partial charge in [0.1, 0.15) is 5.69 Å². The second kappa shape index (κ2) is 6.05. The van der Waals surface area contributed by atoms with E-state index in [-0.39, 0.29) is 5.97 Å². The summed E-state index contributed by atoms with van der Waals surface area (Å²) in [6.07, 6.45) is 0. The molecule has 0 radical (unpaired) electrons. The van der Waals surface area contributed by atoms with E-state index >= 15 is 0 Å². The molecule has 0 unspecified atom stereocenters. The fourth-order valence-electron chi connectivity index (χ4n) is 3.43. The first-order chi connectivity index (χ1) is 12.1. The van der Waals surface area contributed by atoms with Crippen molar-refractivity contribution in [2.45, 2.75) is 6.92 Å². The molecule has 1 heterocycles. The van der Waals surface area contributed by atoms with Crippen LogP contribution in [0.1, 0.15) is 16.1 Å². The van der Waals surface area contributed by atoms with E-state index < -0.39 is 0 Å². The number of nitrogens with zero attached hydrogens (tertiary/aromatic N) is 1. The standard InChI is InChI=1S/C21H16BrNO2/c1-13-14-7-5-6-10-18(14)23(20(13)21(24)25-2)19-12-11-17(22)15-8-3-4-9-16(15)19/h3-12H,1-2H3. The smallest absolute Gasteiger partial charge is 0.355 e. The van der Waals surface area contributed by atoms with Crippen LogP contribution in [0.25, 0.3) is 27.4 Å². The molecule has 3 nitrogen and oxygen atoms in total. The summed E-state index contributed by atoms with van der Waals surface area (Å²) in [6, 6.07) is 20.3. The maximum absolute atomic E-state index is 12.5. The summed E-state index contributed by atoms with van der Waals surface area (Å²) in [5, 5.41) is 3.23. The molecule has 0 aliphatic carbocycles. The van der Waals surface area contributed by atoms with Crippen molar-refractivity contribution >= 4 is 43.6 Å². The Labute approximate surface area is 154 Å². The van der Waals surface area contributed by atoms with Crippen LogP contribution in [0.2, 0.25) is 0 Å². The Morgan fingerprint density at radius 1 is 0.920 bits per heavy atom. The average molecular weight is 394 g/mol. The predicted molar refractivity (Wildman–Crippen MR) is 105 cm³/mol. The number of carbonyl (C=O) groups excluding carboxylic acids is 1. The van der Waals surface area contributed by atoms with Crippen LogP contribution in [0.5, 0.6) is 0 Å². The van der Waals surface area contributed by atoms with Gasteiger partial charge in [0.2, 0.25) is 0 Å². The monoisotopic (exact) mass is 393 g/mol. The summed E-state index contributed by atoms with van der Waals surface area (Å²) in [6.45, 7) is 1.96. The number of methoxy groups -OCH3 is 1. The summed E-state index contributed by atoms with van der Waals surface area (Å²) in [5.74, 6) is -0.333. The minimum absolute atomic E-state index is 0.333. The molecule has 0 saturated heterocycles. The van der Waals surface area contributed by atoms with Gasteiger partial charge < -0.3 is 9.30 Å². The second-order valence-electron chi connectivity index (χ2n) is 5.93. The highest BCUT2D eigenvalue weighted by Gasteiger charge is 2.22. The van der Waals surface area contributed by atoms with E-state index in [1.54, 1.807) is 0 Å². The Kier molecular flexibility index (Phi) is 3.85. The van der Waals surface area contributed by atoms with Gasteiger partial charge in [0.25, 0.3) is 0 Å². The summed E-state index contributed by atoms with van der Waals surface area (Å²) in [5.41, 5.74) is 3.45. The molecular weight excluding hydrogens is 378 g/mol. The first-order valence-corrected chi connectivity index (χ1v) is 8.78. The predicted octanol–water partition coefficient (Wildman–Crippen LogP) is 5.64. The molecule has 4 heteroatoms. The van der Waals surface area contributed by atoms with E-state index in [2.05, 4.69) is 28.1 Å². The van der Waals surface area contributed by atoms with Gasteiger partial charge in [0.05, 0.1) is 18.3 Å². The highest BCUT2D eigenvalue weighted by Crippen LogP contribution is 2.35. The molecule has 124 valence electrons. The molecule has 3 aromatic carbocycles. The lowest BCUT2D eigenvalue weighted by molar-refractivity contribution is 0.0591. The summed E-state index contributed by atoms with van der Waals surface area (Å²) in [4.78, 5) is 12.5. The van der Waals surface area contributed by atoms with Crippen LogP contribution >= 0.6 is 15.9 Å². The molecule has 4 aromatic rings. The molecule has 25 heavy (non-hydrogen) atoms. The topological polar surface area (TPSA) is 31.2 Å². The third-order valence-electron chi connectivity index (χ3n) is 4.60. The largest absolute Gasteiger partial charge is 0.464 e. The van der Waals surface area contributed by atoms with Crippen molar-refractivity contribution in [2.24, 2.45) is 0 Å². The van der Waals surface area contributed by atoms with Crippen LogP contribution < -0.4 is 0 Å². The van der Waals surface area contributed by atoms with Crippen LogP contribution in [0.15, 0.2) is 65.1 Å². The van der Waals surface area contributed by atoms with Gasteiger partial charge in [0, 0.05) is 15.2 Å². The second-order valence-corrected chi connectivity index (χ2v) is 6.78. The Bertz CT molecular complexity index is 1130. The van der Waals surface area contributed by atoms with Crippen molar-refractivity contribution < 1.29 is 9.53 Å². The van der Waals surface area contributed by atoms with Crippen LogP contribution in [0.3, 0.4) is 0 Å². The summed E-state index contributed by atoms with van der Waals surface area (Å²) < 4.78 is 8.11. The van der Waals surface area contributed by atoms with Crippen molar-refractivity contribution in [2.75, 3.05) is 7.11 Å². The maximum atomic E-state index is 12.5. The Morgan fingerprint density at radius 3 is 2.28 bits per heavy atom. The zero-order valence-electron chi connectivity index (χ0n) is 13.9. The van der Waals surface area contributed by atoms with Gasteiger partial charge >= 0.3 is 5.97 Å². The van der Waals surface area contributed by atoms with Gasteiger partial charge in [-0.3, -0.25) is 0 Å². The van der Waals surface area contributed by atoms with E-state index in [1.807, 2.05) is 60.0 Å². The molecule has 4 rings (SSSR count). The van der Waals surface area contributed by atoms with Gasteiger partial charge in [0.15, 0.2) is 0 Å². The number of ether oxygens (including phenoxy) is 1. The van der Waals surface area contributed by atoms with E-state index in [0.717, 1.165) is 37.4 Å². The van der Waals surface area contributed by atoms with Crippen LogP contribution in [-0.4, -0.2) is 17.6 Å². The van der Waals surface area contributed by atoms with E-state index in [1.165, 1.54) is 7.11 Å².